The first-order chi connectivity index (χ1) is 17.3. The van der Waals surface area contributed by atoms with Crippen LogP contribution in [-0.4, -0.2) is 57.4 Å². The molecule has 4 aromatic rings. The summed E-state index contributed by atoms with van der Waals surface area (Å²) in [6.45, 7) is 6.21. The van der Waals surface area contributed by atoms with Crippen LogP contribution in [-0.2, 0) is 28.0 Å². The second kappa shape index (κ2) is 9.67. The smallest absolute Gasteiger partial charge is 0.172 e. The molecule has 9 nitrogen and oxygen atoms in total. The number of ether oxygens (including phenoxy) is 1. The van der Waals surface area contributed by atoms with Gasteiger partial charge < -0.3 is 20.5 Å². The lowest BCUT2D eigenvalue weighted by atomic mass is 9.95. The van der Waals surface area contributed by atoms with Crippen LogP contribution in [0.2, 0.25) is 0 Å². The first-order valence-electron chi connectivity index (χ1n) is 12.0. The molecule has 2 aromatic heterocycles. The SMILES string of the molecule is CC(C)(O)c1ccc(CC(=O)Cc2ccc(-c3nc(N4CCOCC4)c4[nH]nc(N)c4n3)cc2)cc1. The first-order valence-corrected chi connectivity index (χ1v) is 12.0. The van der Waals surface area contributed by atoms with E-state index in [1.807, 2.05) is 48.5 Å². The van der Waals surface area contributed by atoms with E-state index in [0.29, 0.717) is 43.2 Å². The maximum Gasteiger partial charge on any atom is 0.172 e. The maximum atomic E-state index is 12.7. The Balaban J connectivity index is 1.32. The molecule has 2 aromatic carbocycles. The predicted molar refractivity (Wildman–Crippen MR) is 139 cm³/mol. The lowest BCUT2D eigenvalue weighted by Crippen LogP contribution is -2.37. The van der Waals surface area contributed by atoms with Gasteiger partial charge in [-0.3, -0.25) is 9.89 Å². The number of nitrogens with one attached hydrogen (secondary N) is 1. The van der Waals surface area contributed by atoms with Crippen molar-refractivity contribution in [1.82, 2.24) is 20.2 Å². The number of ketones is 1. The number of aromatic nitrogens is 4. The highest BCUT2D eigenvalue weighted by atomic mass is 16.5. The van der Waals surface area contributed by atoms with Crippen LogP contribution in [0.1, 0.15) is 30.5 Å². The second-order valence-electron chi connectivity index (χ2n) is 9.65. The lowest BCUT2D eigenvalue weighted by Gasteiger charge is -2.28. The Morgan fingerprint density at radius 2 is 1.64 bits per heavy atom. The fraction of sp³-hybridized carbons (Fsp3) is 0.333. The van der Waals surface area contributed by atoms with E-state index in [-0.39, 0.29) is 5.78 Å². The summed E-state index contributed by atoms with van der Waals surface area (Å²) >= 11 is 0. The number of Topliss-reactive ketones (excluding diaryl/α,β-unsaturated/α-hetero) is 1. The zero-order valence-corrected chi connectivity index (χ0v) is 20.5. The van der Waals surface area contributed by atoms with Gasteiger partial charge in [-0.2, -0.15) is 5.10 Å². The third-order valence-electron chi connectivity index (χ3n) is 6.41. The van der Waals surface area contributed by atoms with Crippen molar-refractivity contribution in [3.63, 3.8) is 0 Å². The van der Waals surface area contributed by atoms with Gasteiger partial charge in [0.2, 0.25) is 0 Å². The van der Waals surface area contributed by atoms with Crippen LogP contribution in [0.15, 0.2) is 48.5 Å². The molecule has 0 unspecified atom stereocenters. The van der Waals surface area contributed by atoms with Crippen LogP contribution >= 0.6 is 0 Å². The van der Waals surface area contributed by atoms with E-state index in [1.165, 1.54) is 0 Å². The fourth-order valence-corrected chi connectivity index (χ4v) is 4.36. The molecule has 0 aliphatic carbocycles. The summed E-state index contributed by atoms with van der Waals surface area (Å²) in [7, 11) is 0. The van der Waals surface area contributed by atoms with E-state index in [4.69, 9.17) is 15.5 Å². The number of nitrogens with zero attached hydrogens (tertiary/aromatic N) is 4. The van der Waals surface area contributed by atoms with Crippen LogP contribution in [0.5, 0.6) is 0 Å². The average molecular weight is 487 g/mol. The fourth-order valence-electron chi connectivity index (χ4n) is 4.36. The molecule has 1 aliphatic heterocycles. The summed E-state index contributed by atoms with van der Waals surface area (Å²) in [4.78, 5) is 24.3. The molecule has 0 bridgehead atoms. The van der Waals surface area contributed by atoms with Gasteiger partial charge in [0.05, 0.1) is 18.8 Å². The van der Waals surface area contributed by atoms with Crippen LogP contribution in [0, 0.1) is 0 Å². The highest BCUT2D eigenvalue weighted by Gasteiger charge is 2.21. The number of aliphatic hydroxyl groups is 1. The number of nitrogens with two attached hydrogens (primary N) is 1. The average Bonchev–Trinajstić information content (AvgIpc) is 3.25. The summed E-state index contributed by atoms with van der Waals surface area (Å²) in [6, 6.07) is 15.3. The zero-order valence-electron chi connectivity index (χ0n) is 20.5. The van der Waals surface area contributed by atoms with E-state index >= 15 is 0 Å². The van der Waals surface area contributed by atoms with Gasteiger partial charge in [-0.1, -0.05) is 48.5 Å². The molecule has 5 rings (SSSR count). The minimum atomic E-state index is -0.898. The molecule has 1 aliphatic rings. The third kappa shape index (κ3) is 5.07. The maximum absolute atomic E-state index is 12.7. The topological polar surface area (TPSA) is 130 Å². The van der Waals surface area contributed by atoms with E-state index in [9.17, 15) is 9.90 Å². The largest absolute Gasteiger partial charge is 0.386 e. The number of H-pyrrole nitrogens is 1. The first kappa shape index (κ1) is 23.9. The van der Waals surface area contributed by atoms with Crippen molar-refractivity contribution < 1.29 is 14.6 Å². The summed E-state index contributed by atoms with van der Waals surface area (Å²) in [6.07, 6.45) is 0.678. The van der Waals surface area contributed by atoms with E-state index in [1.54, 1.807) is 13.8 Å². The molecule has 0 atom stereocenters. The molecule has 186 valence electrons. The molecular formula is C27H30N6O3. The highest BCUT2D eigenvalue weighted by Crippen LogP contribution is 2.29. The molecule has 0 radical (unpaired) electrons. The van der Waals surface area contributed by atoms with Gasteiger partial charge in [0.15, 0.2) is 17.5 Å². The third-order valence-corrected chi connectivity index (χ3v) is 6.41. The Morgan fingerprint density at radius 3 is 2.25 bits per heavy atom. The van der Waals surface area contributed by atoms with Crippen molar-refractivity contribution >= 4 is 28.5 Å². The predicted octanol–water partition coefficient (Wildman–Crippen LogP) is 3.02. The Morgan fingerprint density at radius 1 is 1.03 bits per heavy atom. The Labute approximate surface area is 209 Å². The Hall–Kier alpha value is -3.82. The molecule has 36 heavy (non-hydrogen) atoms. The molecule has 4 N–H and O–H groups in total. The molecule has 3 heterocycles. The highest BCUT2D eigenvalue weighted by molar-refractivity contribution is 5.94. The number of carbonyl (C=O) groups is 1. The summed E-state index contributed by atoms with van der Waals surface area (Å²) in [5, 5.41) is 17.2. The van der Waals surface area contributed by atoms with Crippen molar-refractivity contribution in [2.75, 3.05) is 36.9 Å². The van der Waals surface area contributed by atoms with Crippen molar-refractivity contribution in [2.24, 2.45) is 0 Å². The number of hydrogen-bond donors (Lipinski definition) is 3. The Bertz CT molecular complexity index is 1370. The van der Waals surface area contributed by atoms with Crippen molar-refractivity contribution in [2.45, 2.75) is 32.3 Å². The number of hydrogen-bond acceptors (Lipinski definition) is 8. The molecule has 0 amide bonds. The molecular weight excluding hydrogens is 456 g/mol. The van der Waals surface area contributed by atoms with E-state index in [0.717, 1.165) is 46.7 Å². The van der Waals surface area contributed by atoms with Crippen LogP contribution in [0.3, 0.4) is 0 Å². The van der Waals surface area contributed by atoms with E-state index < -0.39 is 5.60 Å². The van der Waals surface area contributed by atoms with Crippen molar-refractivity contribution in [3.8, 4) is 11.4 Å². The summed E-state index contributed by atoms with van der Waals surface area (Å²) in [5.41, 5.74) is 10.00. The van der Waals surface area contributed by atoms with Gasteiger partial charge in [0.25, 0.3) is 0 Å². The van der Waals surface area contributed by atoms with Gasteiger partial charge >= 0.3 is 0 Å². The monoisotopic (exact) mass is 486 g/mol. The van der Waals surface area contributed by atoms with Crippen LogP contribution in [0.25, 0.3) is 22.4 Å². The van der Waals surface area contributed by atoms with Crippen LogP contribution < -0.4 is 10.6 Å². The van der Waals surface area contributed by atoms with Gasteiger partial charge in [-0.15, -0.1) is 0 Å². The number of nitrogen functional groups attached to an aromatic ring is 1. The minimum Gasteiger partial charge on any atom is -0.386 e. The molecule has 0 spiro atoms. The zero-order chi connectivity index (χ0) is 25.3. The minimum absolute atomic E-state index is 0.122. The molecule has 9 heteroatoms. The molecule has 1 saturated heterocycles. The van der Waals surface area contributed by atoms with Gasteiger partial charge in [0.1, 0.15) is 16.8 Å². The number of morpholine rings is 1. The summed E-state index contributed by atoms with van der Waals surface area (Å²) in [5.74, 6) is 1.78. The number of carbonyl (C=O) groups excluding carboxylic acids is 1. The second-order valence-corrected chi connectivity index (χ2v) is 9.65. The number of benzene rings is 2. The molecule has 1 fully saturated rings. The number of rotatable bonds is 7. The van der Waals surface area contributed by atoms with Crippen molar-refractivity contribution in [1.29, 1.82) is 0 Å². The van der Waals surface area contributed by atoms with Crippen molar-refractivity contribution in [3.05, 3.63) is 65.2 Å². The molecule has 0 saturated carbocycles. The van der Waals surface area contributed by atoms with Crippen LogP contribution in [0.4, 0.5) is 11.6 Å². The summed E-state index contributed by atoms with van der Waals surface area (Å²) < 4.78 is 5.48. The standard InChI is InChI=1S/C27H30N6O3/c1-27(2,35)20-9-5-18(6-10-20)16-21(34)15-17-3-7-19(8-4-17)25-29-22-23(31-32-24(22)28)26(30-25)33-11-13-36-14-12-33/h3-10,35H,11-16H2,1-2H3,(H3,28,31,32). The normalized spacial score (nSPS) is 14.4. The van der Waals surface area contributed by atoms with Gasteiger partial charge in [-0.25, -0.2) is 9.97 Å². The van der Waals surface area contributed by atoms with E-state index in [2.05, 4.69) is 20.1 Å². The number of fused-ring (bicyclic) bond motifs is 1. The number of aromatic amines is 1. The quantitative estimate of drug-likeness (QED) is 0.363. The van der Waals surface area contributed by atoms with Gasteiger partial charge in [0, 0.05) is 31.5 Å². The lowest BCUT2D eigenvalue weighted by molar-refractivity contribution is -0.117. The van der Waals surface area contributed by atoms with Gasteiger partial charge in [-0.05, 0) is 30.5 Å². The number of anilines is 2. The Kier molecular flexibility index (Phi) is 6.42.